The Morgan fingerprint density at radius 2 is 2.00 bits per heavy atom. The van der Waals surface area contributed by atoms with Crippen LogP contribution in [0.2, 0.25) is 0 Å². The SMILES string of the molecule is COc1cccc(C2C(C#N)=C(N)Nc3onc(-c4ccccc4)c32)c1. The number of nitrogens with one attached hydrogen (secondary N) is 1. The Labute approximate surface area is 150 Å². The molecule has 26 heavy (non-hydrogen) atoms. The van der Waals surface area contributed by atoms with Crippen molar-refractivity contribution in [3.05, 3.63) is 77.1 Å². The number of ether oxygens (including phenoxy) is 1. The second-order valence-electron chi connectivity index (χ2n) is 5.91. The quantitative estimate of drug-likeness (QED) is 0.753. The fraction of sp³-hybridized carbons (Fsp3) is 0.100. The van der Waals surface area contributed by atoms with E-state index in [1.54, 1.807) is 7.11 Å². The number of fused-ring (bicyclic) bond motifs is 1. The molecule has 0 fully saturated rings. The molecular formula is C20H16N4O2. The number of rotatable bonds is 3. The van der Waals surface area contributed by atoms with Crippen LogP contribution in [-0.2, 0) is 0 Å². The van der Waals surface area contributed by atoms with Crippen molar-refractivity contribution in [3.8, 4) is 23.1 Å². The smallest absolute Gasteiger partial charge is 0.235 e. The summed E-state index contributed by atoms with van der Waals surface area (Å²) < 4.78 is 10.8. The second-order valence-corrected chi connectivity index (χ2v) is 5.91. The van der Waals surface area contributed by atoms with Crippen molar-refractivity contribution in [1.29, 1.82) is 5.26 Å². The molecule has 1 aliphatic rings. The van der Waals surface area contributed by atoms with Gasteiger partial charge in [-0.15, -0.1) is 0 Å². The summed E-state index contributed by atoms with van der Waals surface area (Å²) in [7, 11) is 1.61. The van der Waals surface area contributed by atoms with Gasteiger partial charge in [-0.3, -0.25) is 0 Å². The number of nitriles is 1. The Bertz CT molecular complexity index is 1030. The van der Waals surface area contributed by atoms with E-state index >= 15 is 0 Å². The molecule has 1 aliphatic heterocycles. The van der Waals surface area contributed by atoms with Crippen LogP contribution in [0.4, 0.5) is 5.88 Å². The van der Waals surface area contributed by atoms with E-state index in [0.29, 0.717) is 22.9 Å². The lowest BCUT2D eigenvalue weighted by Crippen LogP contribution is -2.22. The first-order valence-electron chi connectivity index (χ1n) is 8.08. The summed E-state index contributed by atoms with van der Waals surface area (Å²) in [6, 6.07) is 19.5. The largest absolute Gasteiger partial charge is 0.497 e. The first-order valence-corrected chi connectivity index (χ1v) is 8.08. The molecule has 3 N–H and O–H groups in total. The highest BCUT2D eigenvalue weighted by atomic mass is 16.5. The summed E-state index contributed by atoms with van der Waals surface area (Å²) >= 11 is 0. The standard InChI is InChI=1S/C20H16N4O2/c1-25-14-9-5-8-13(10-14)16-15(11-21)19(22)23-20-17(16)18(24-26-20)12-6-3-2-4-7-12/h2-10,16,23H,22H2,1H3. The third kappa shape index (κ3) is 2.47. The van der Waals surface area contributed by atoms with Crippen LogP contribution in [0.15, 0.2) is 70.5 Å². The van der Waals surface area contributed by atoms with Crippen molar-refractivity contribution >= 4 is 5.88 Å². The van der Waals surface area contributed by atoms with Crippen LogP contribution in [0.25, 0.3) is 11.3 Å². The lowest BCUT2D eigenvalue weighted by atomic mass is 9.82. The highest BCUT2D eigenvalue weighted by molar-refractivity contribution is 5.75. The summed E-state index contributed by atoms with van der Waals surface area (Å²) in [6.07, 6.45) is 0. The summed E-state index contributed by atoms with van der Waals surface area (Å²) in [5, 5.41) is 16.9. The zero-order chi connectivity index (χ0) is 18.1. The van der Waals surface area contributed by atoms with Crippen molar-refractivity contribution < 1.29 is 9.26 Å². The zero-order valence-corrected chi connectivity index (χ0v) is 14.1. The van der Waals surface area contributed by atoms with Crippen molar-refractivity contribution in [2.75, 3.05) is 12.4 Å². The van der Waals surface area contributed by atoms with E-state index in [2.05, 4.69) is 16.5 Å². The van der Waals surface area contributed by atoms with E-state index < -0.39 is 5.92 Å². The molecule has 3 aromatic rings. The number of benzene rings is 2. The maximum Gasteiger partial charge on any atom is 0.235 e. The number of aromatic nitrogens is 1. The van der Waals surface area contributed by atoms with Gasteiger partial charge in [0.05, 0.1) is 30.2 Å². The number of anilines is 1. The van der Waals surface area contributed by atoms with Gasteiger partial charge >= 0.3 is 0 Å². The van der Waals surface area contributed by atoms with Crippen molar-refractivity contribution in [1.82, 2.24) is 5.16 Å². The Hall–Kier alpha value is -3.72. The Kier molecular flexibility index (Phi) is 3.82. The monoisotopic (exact) mass is 344 g/mol. The third-order valence-corrected chi connectivity index (χ3v) is 4.44. The molecule has 6 nitrogen and oxygen atoms in total. The van der Waals surface area contributed by atoms with Gasteiger partial charge in [-0.1, -0.05) is 47.6 Å². The molecule has 6 heteroatoms. The van der Waals surface area contributed by atoms with E-state index in [9.17, 15) is 5.26 Å². The Balaban J connectivity index is 1.95. The lowest BCUT2D eigenvalue weighted by Gasteiger charge is -2.24. The van der Waals surface area contributed by atoms with Gasteiger partial charge in [0.25, 0.3) is 0 Å². The van der Waals surface area contributed by atoms with Crippen molar-refractivity contribution in [2.45, 2.75) is 5.92 Å². The highest BCUT2D eigenvalue weighted by Gasteiger charge is 2.35. The summed E-state index contributed by atoms with van der Waals surface area (Å²) in [5.74, 6) is 1.03. The second kappa shape index (κ2) is 6.30. The predicted octanol–water partition coefficient (Wildman–Crippen LogP) is 3.60. The maximum atomic E-state index is 9.73. The van der Waals surface area contributed by atoms with E-state index in [-0.39, 0.29) is 5.82 Å². The predicted molar refractivity (Wildman–Crippen MR) is 97.2 cm³/mol. The van der Waals surface area contributed by atoms with Crippen LogP contribution in [-0.4, -0.2) is 12.3 Å². The van der Waals surface area contributed by atoms with Gasteiger partial charge in [0, 0.05) is 5.56 Å². The summed E-state index contributed by atoms with van der Waals surface area (Å²) in [6.45, 7) is 0. The Morgan fingerprint density at radius 1 is 1.19 bits per heavy atom. The minimum absolute atomic E-state index is 0.267. The molecule has 128 valence electrons. The minimum atomic E-state index is -0.396. The molecule has 0 aliphatic carbocycles. The zero-order valence-electron chi connectivity index (χ0n) is 14.1. The van der Waals surface area contributed by atoms with Crippen LogP contribution in [0.1, 0.15) is 17.0 Å². The molecule has 0 saturated heterocycles. The van der Waals surface area contributed by atoms with Crippen LogP contribution in [0.3, 0.4) is 0 Å². The summed E-state index contributed by atoms with van der Waals surface area (Å²) in [4.78, 5) is 0. The van der Waals surface area contributed by atoms with E-state index in [1.807, 2.05) is 54.6 Å². The van der Waals surface area contributed by atoms with Crippen LogP contribution in [0.5, 0.6) is 5.75 Å². The third-order valence-electron chi connectivity index (χ3n) is 4.44. The van der Waals surface area contributed by atoms with Crippen molar-refractivity contribution in [3.63, 3.8) is 0 Å². The number of methoxy groups -OCH3 is 1. The van der Waals surface area contributed by atoms with Gasteiger partial charge in [0.15, 0.2) is 0 Å². The van der Waals surface area contributed by atoms with Crippen LogP contribution < -0.4 is 15.8 Å². The van der Waals surface area contributed by atoms with Crippen LogP contribution >= 0.6 is 0 Å². The number of nitrogens with two attached hydrogens (primary N) is 1. The molecule has 0 radical (unpaired) electrons. The highest BCUT2D eigenvalue weighted by Crippen LogP contribution is 2.45. The van der Waals surface area contributed by atoms with E-state index in [4.69, 9.17) is 15.0 Å². The van der Waals surface area contributed by atoms with Crippen molar-refractivity contribution in [2.24, 2.45) is 5.73 Å². The number of hydrogen-bond acceptors (Lipinski definition) is 6. The van der Waals surface area contributed by atoms with Gasteiger partial charge in [-0.25, -0.2) is 0 Å². The molecule has 2 aromatic carbocycles. The van der Waals surface area contributed by atoms with Gasteiger partial charge in [0.2, 0.25) is 5.88 Å². The topological polar surface area (TPSA) is 97.1 Å². The van der Waals surface area contributed by atoms with Gasteiger partial charge in [-0.2, -0.15) is 5.26 Å². The van der Waals surface area contributed by atoms with Gasteiger partial charge < -0.3 is 20.3 Å². The number of nitrogens with zero attached hydrogens (tertiary/aromatic N) is 2. The average molecular weight is 344 g/mol. The molecule has 1 atom stereocenters. The Morgan fingerprint density at radius 3 is 2.73 bits per heavy atom. The molecule has 1 unspecified atom stereocenters. The average Bonchev–Trinajstić information content (AvgIpc) is 3.10. The molecule has 1 aromatic heterocycles. The molecule has 0 saturated carbocycles. The number of allylic oxidation sites excluding steroid dienone is 1. The van der Waals surface area contributed by atoms with E-state index in [1.165, 1.54) is 0 Å². The fourth-order valence-electron chi connectivity index (χ4n) is 3.23. The molecule has 2 heterocycles. The molecule has 0 bridgehead atoms. The van der Waals surface area contributed by atoms with Gasteiger partial charge in [-0.05, 0) is 17.7 Å². The first-order chi connectivity index (χ1) is 12.7. The van der Waals surface area contributed by atoms with Gasteiger partial charge in [0.1, 0.15) is 17.3 Å². The van der Waals surface area contributed by atoms with E-state index in [0.717, 1.165) is 16.7 Å². The fourth-order valence-corrected chi connectivity index (χ4v) is 3.23. The maximum absolute atomic E-state index is 9.73. The van der Waals surface area contributed by atoms with Crippen LogP contribution in [0, 0.1) is 11.3 Å². The minimum Gasteiger partial charge on any atom is -0.497 e. The lowest BCUT2D eigenvalue weighted by molar-refractivity contribution is 0.414. The summed E-state index contributed by atoms with van der Waals surface area (Å²) in [5.41, 5.74) is 9.76. The normalized spacial score (nSPS) is 15.8. The molecule has 4 rings (SSSR count). The number of hydrogen-bond donors (Lipinski definition) is 2. The first kappa shape index (κ1) is 15.8. The molecular weight excluding hydrogens is 328 g/mol. The molecule has 0 amide bonds. The molecule has 0 spiro atoms.